The Kier molecular flexibility index (Phi) is 7.50. The van der Waals surface area contributed by atoms with Crippen molar-refractivity contribution in [3.8, 4) is 5.75 Å². The van der Waals surface area contributed by atoms with Crippen molar-refractivity contribution >= 4 is 15.9 Å². The molecule has 9 heteroatoms. The summed E-state index contributed by atoms with van der Waals surface area (Å²) < 4.78 is 33.0. The molecule has 0 spiro atoms. The molecule has 162 valence electrons. The molecule has 3 rings (SSSR count). The molecule has 0 radical (unpaired) electrons. The van der Waals surface area contributed by atoms with Crippen LogP contribution >= 0.6 is 0 Å². The first-order valence-electron chi connectivity index (χ1n) is 10.3. The summed E-state index contributed by atoms with van der Waals surface area (Å²) in [4.78, 5) is 17.3. The zero-order chi connectivity index (χ0) is 20.9. The van der Waals surface area contributed by atoms with E-state index in [1.54, 1.807) is 6.07 Å². The number of nitrogens with zero attached hydrogens (tertiary/aromatic N) is 2. The minimum Gasteiger partial charge on any atom is -0.495 e. The van der Waals surface area contributed by atoms with E-state index in [0.29, 0.717) is 12.1 Å². The molecule has 1 aliphatic carbocycles. The molecule has 1 saturated heterocycles. The first-order chi connectivity index (χ1) is 13.9. The molecule has 0 aromatic heterocycles. The van der Waals surface area contributed by atoms with E-state index in [1.165, 1.54) is 19.2 Å². The maximum absolute atomic E-state index is 12.6. The average Bonchev–Trinajstić information content (AvgIpc) is 3.51. The van der Waals surface area contributed by atoms with Gasteiger partial charge in [-0.25, -0.2) is 13.1 Å². The number of rotatable bonds is 10. The highest BCUT2D eigenvalue weighted by Crippen LogP contribution is 2.28. The number of benzene rings is 1. The highest BCUT2D eigenvalue weighted by Gasteiger charge is 2.30. The molecule has 0 atom stereocenters. The Bertz CT molecular complexity index is 803. The molecule has 1 aliphatic heterocycles. The molecule has 0 bridgehead atoms. The number of piperazine rings is 1. The van der Waals surface area contributed by atoms with Gasteiger partial charge in [-0.05, 0) is 57.5 Å². The van der Waals surface area contributed by atoms with E-state index in [-0.39, 0.29) is 22.6 Å². The summed E-state index contributed by atoms with van der Waals surface area (Å²) in [7, 11) is -0.140. The number of amides is 1. The summed E-state index contributed by atoms with van der Waals surface area (Å²) in [5.74, 6) is -0.0306. The van der Waals surface area contributed by atoms with Crippen LogP contribution in [-0.2, 0) is 10.0 Å². The second kappa shape index (κ2) is 9.88. The number of likely N-dealkylation sites (N-methyl/N-ethyl adjacent to an activating group) is 1. The van der Waals surface area contributed by atoms with E-state index in [1.807, 2.05) is 0 Å². The molecule has 2 N–H and O–H groups in total. The van der Waals surface area contributed by atoms with Crippen LogP contribution in [0.4, 0.5) is 0 Å². The first-order valence-corrected chi connectivity index (χ1v) is 11.8. The predicted molar refractivity (Wildman–Crippen MR) is 112 cm³/mol. The van der Waals surface area contributed by atoms with Crippen molar-refractivity contribution in [3.05, 3.63) is 23.8 Å². The number of methoxy groups -OCH3 is 1. The van der Waals surface area contributed by atoms with Gasteiger partial charge in [-0.1, -0.05) is 0 Å². The largest absolute Gasteiger partial charge is 0.495 e. The second-order valence-corrected chi connectivity index (χ2v) is 9.55. The lowest BCUT2D eigenvalue weighted by Gasteiger charge is -2.32. The van der Waals surface area contributed by atoms with Crippen LogP contribution in [0.2, 0.25) is 0 Å². The fourth-order valence-corrected chi connectivity index (χ4v) is 4.85. The van der Waals surface area contributed by atoms with E-state index >= 15 is 0 Å². The van der Waals surface area contributed by atoms with Crippen molar-refractivity contribution in [2.45, 2.75) is 36.6 Å². The van der Waals surface area contributed by atoms with Crippen LogP contribution in [0.3, 0.4) is 0 Å². The minimum absolute atomic E-state index is 0.00890. The van der Waals surface area contributed by atoms with E-state index < -0.39 is 10.0 Å². The first kappa shape index (κ1) is 22.0. The lowest BCUT2D eigenvalue weighted by molar-refractivity contribution is 0.0951. The summed E-state index contributed by atoms with van der Waals surface area (Å²) in [5.41, 5.74) is 0.320. The highest BCUT2D eigenvalue weighted by molar-refractivity contribution is 7.89. The van der Waals surface area contributed by atoms with Gasteiger partial charge in [0.25, 0.3) is 5.91 Å². The normalized spacial score (nSPS) is 18.6. The number of sulfonamides is 1. The van der Waals surface area contributed by atoms with Crippen molar-refractivity contribution in [1.29, 1.82) is 0 Å². The van der Waals surface area contributed by atoms with Crippen LogP contribution in [0.5, 0.6) is 5.75 Å². The zero-order valence-corrected chi connectivity index (χ0v) is 18.1. The third-order valence-corrected chi connectivity index (χ3v) is 6.94. The third-order valence-electron chi connectivity index (χ3n) is 5.40. The Balaban J connectivity index is 1.49. The van der Waals surface area contributed by atoms with Crippen LogP contribution in [0.15, 0.2) is 23.1 Å². The summed E-state index contributed by atoms with van der Waals surface area (Å²) in [5, 5.41) is 2.89. The molecule has 1 amide bonds. The van der Waals surface area contributed by atoms with Crippen LogP contribution in [0.1, 0.15) is 36.0 Å². The van der Waals surface area contributed by atoms with Gasteiger partial charge in [0.15, 0.2) is 0 Å². The standard InChI is InChI=1S/C20H32N4O4S/c1-23-11-13-24(14-12-23)10-4-3-9-21-20(25)16-5-8-18(28-2)19(15-16)29(26,27)22-17-6-7-17/h5,8,15,17,22H,3-4,6-7,9-14H2,1-2H3,(H,21,25). The molecular weight excluding hydrogens is 392 g/mol. The smallest absolute Gasteiger partial charge is 0.251 e. The molecule has 8 nitrogen and oxygen atoms in total. The Labute approximate surface area is 173 Å². The maximum atomic E-state index is 12.6. The van der Waals surface area contributed by atoms with Gasteiger partial charge in [-0.15, -0.1) is 0 Å². The average molecular weight is 425 g/mol. The molecule has 2 fully saturated rings. The number of carbonyl (C=O) groups excluding carboxylic acids is 1. The second-order valence-electron chi connectivity index (χ2n) is 7.87. The van der Waals surface area contributed by atoms with Gasteiger partial charge in [-0.3, -0.25) is 4.79 Å². The topological polar surface area (TPSA) is 91.0 Å². The van der Waals surface area contributed by atoms with Gasteiger partial charge < -0.3 is 19.9 Å². The van der Waals surface area contributed by atoms with Gasteiger partial charge in [-0.2, -0.15) is 0 Å². The zero-order valence-electron chi connectivity index (χ0n) is 17.3. The van der Waals surface area contributed by atoms with Crippen molar-refractivity contribution in [2.75, 3.05) is 53.4 Å². The lowest BCUT2D eigenvalue weighted by atomic mass is 10.2. The Morgan fingerprint density at radius 1 is 1.17 bits per heavy atom. The number of carbonyl (C=O) groups is 1. The third kappa shape index (κ3) is 6.40. The molecule has 0 unspecified atom stereocenters. The lowest BCUT2D eigenvalue weighted by Crippen LogP contribution is -2.44. The number of hydrogen-bond acceptors (Lipinski definition) is 6. The van der Waals surface area contributed by atoms with Crippen molar-refractivity contribution in [2.24, 2.45) is 0 Å². The summed E-state index contributed by atoms with van der Waals surface area (Å²) in [6, 6.07) is 4.50. The predicted octanol–water partition coefficient (Wildman–Crippen LogP) is 0.893. The molecule has 2 aliphatic rings. The van der Waals surface area contributed by atoms with Crippen LogP contribution in [0.25, 0.3) is 0 Å². The summed E-state index contributed by atoms with van der Waals surface area (Å²) in [6.45, 7) is 6.02. The van der Waals surface area contributed by atoms with Crippen LogP contribution in [-0.4, -0.2) is 83.6 Å². The fraction of sp³-hybridized carbons (Fsp3) is 0.650. The molecule has 29 heavy (non-hydrogen) atoms. The van der Waals surface area contributed by atoms with Crippen molar-refractivity contribution in [1.82, 2.24) is 19.8 Å². The van der Waals surface area contributed by atoms with Crippen molar-refractivity contribution in [3.63, 3.8) is 0 Å². The number of hydrogen-bond donors (Lipinski definition) is 2. The van der Waals surface area contributed by atoms with Gasteiger partial charge in [0, 0.05) is 44.3 Å². The van der Waals surface area contributed by atoms with E-state index in [0.717, 1.165) is 58.4 Å². The van der Waals surface area contributed by atoms with Gasteiger partial charge in [0.1, 0.15) is 10.6 Å². The van der Waals surface area contributed by atoms with Gasteiger partial charge in [0.05, 0.1) is 7.11 Å². The van der Waals surface area contributed by atoms with Crippen molar-refractivity contribution < 1.29 is 17.9 Å². The maximum Gasteiger partial charge on any atom is 0.251 e. The molecule has 1 saturated carbocycles. The Morgan fingerprint density at radius 2 is 1.90 bits per heavy atom. The highest BCUT2D eigenvalue weighted by atomic mass is 32.2. The molecule has 1 aromatic carbocycles. The summed E-state index contributed by atoms with van der Waals surface area (Å²) in [6.07, 6.45) is 3.60. The number of nitrogens with one attached hydrogen (secondary N) is 2. The molecule has 1 heterocycles. The van der Waals surface area contributed by atoms with Crippen LogP contribution in [0, 0.1) is 0 Å². The minimum atomic E-state index is -3.71. The monoisotopic (exact) mass is 424 g/mol. The quantitative estimate of drug-likeness (QED) is 0.542. The number of unbranched alkanes of at least 4 members (excludes halogenated alkanes) is 1. The Morgan fingerprint density at radius 3 is 2.55 bits per heavy atom. The van der Waals surface area contributed by atoms with E-state index in [4.69, 9.17) is 4.74 Å². The van der Waals surface area contributed by atoms with Gasteiger partial charge in [0.2, 0.25) is 10.0 Å². The van der Waals surface area contributed by atoms with E-state index in [2.05, 4.69) is 26.9 Å². The molecule has 1 aromatic rings. The van der Waals surface area contributed by atoms with Crippen LogP contribution < -0.4 is 14.8 Å². The Hall–Kier alpha value is -1.68. The van der Waals surface area contributed by atoms with E-state index in [9.17, 15) is 13.2 Å². The number of ether oxygens (including phenoxy) is 1. The SMILES string of the molecule is COc1ccc(C(=O)NCCCCN2CCN(C)CC2)cc1S(=O)(=O)NC1CC1. The fourth-order valence-electron chi connectivity index (χ4n) is 3.35. The summed E-state index contributed by atoms with van der Waals surface area (Å²) >= 11 is 0. The molecular formula is C20H32N4O4S. The van der Waals surface area contributed by atoms with Gasteiger partial charge >= 0.3 is 0 Å².